The molecular formula is C75H78BN3S. The molecule has 0 amide bonds. The van der Waals surface area contributed by atoms with E-state index in [4.69, 9.17) is 0 Å². The molecule has 402 valence electrons. The van der Waals surface area contributed by atoms with E-state index in [2.05, 4.69) is 280 Å². The van der Waals surface area contributed by atoms with Gasteiger partial charge in [0.1, 0.15) is 0 Å². The lowest BCUT2D eigenvalue weighted by Crippen LogP contribution is -2.60. The van der Waals surface area contributed by atoms with E-state index in [1.54, 1.807) is 11.1 Å². The van der Waals surface area contributed by atoms with Crippen LogP contribution in [0.1, 0.15) is 161 Å². The maximum Gasteiger partial charge on any atom is 0.264 e. The normalized spacial score (nSPS) is 20.2. The van der Waals surface area contributed by atoms with Gasteiger partial charge in [-0.25, -0.2) is 0 Å². The summed E-state index contributed by atoms with van der Waals surface area (Å²) in [6.07, 6.45) is 7.36. The number of rotatable bonds is 6. The minimum Gasteiger partial charge on any atom is -0.311 e. The van der Waals surface area contributed by atoms with Gasteiger partial charge in [0.05, 0.1) is 17.1 Å². The van der Waals surface area contributed by atoms with E-state index in [0.29, 0.717) is 0 Å². The van der Waals surface area contributed by atoms with Crippen LogP contribution >= 0.6 is 11.3 Å². The fraction of sp³-hybridized carbons (Fsp3) is 0.333. The Kier molecular flexibility index (Phi) is 11.3. The van der Waals surface area contributed by atoms with Crippen LogP contribution in [0.25, 0.3) is 21.2 Å². The molecule has 0 N–H and O–H groups in total. The van der Waals surface area contributed by atoms with Crippen molar-refractivity contribution in [3.8, 4) is 11.1 Å². The molecule has 3 nitrogen and oxygen atoms in total. The van der Waals surface area contributed by atoms with Crippen LogP contribution < -0.4 is 30.4 Å². The van der Waals surface area contributed by atoms with Crippen LogP contribution in [0.5, 0.6) is 0 Å². The molecule has 1 aromatic heterocycles. The molecule has 80 heavy (non-hydrogen) atoms. The van der Waals surface area contributed by atoms with Crippen molar-refractivity contribution in [2.75, 3.05) is 14.7 Å². The van der Waals surface area contributed by atoms with Gasteiger partial charge in [-0.15, -0.1) is 11.3 Å². The average Bonchev–Trinajstić information content (AvgIpc) is 2.02. The lowest BCUT2D eigenvalue weighted by Gasteiger charge is -2.52. The Bertz CT molecular complexity index is 3990. The summed E-state index contributed by atoms with van der Waals surface area (Å²) < 4.78 is 2.86. The van der Waals surface area contributed by atoms with Crippen LogP contribution in [0.4, 0.5) is 51.2 Å². The number of aryl methyl sites for hydroxylation is 1. The molecule has 6 aliphatic rings. The van der Waals surface area contributed by atoms with E-state index in [1.165, 1.54) is 137 Å². The van der Waals surface area contributed by atoms with E-state index >= 15 is 0 Å². The fourth-order valence-corrected chi connectivity index (χ4v) is 16.5. The quantitative estimate of drug-likeness (QED) is 0.154. The van der Waals surface area contributed by atoms with Crippen LogP contribution in [0.15, 0.2) is 164 Å². The predicted octanol–water partition coefficient (Wildman–Crippen LogP) is 19.5. The number of anilines is 9. The monoisotopic (exact) mass is 1060 g/mol. The standard InChI is InChI=1S/C75H78BN3S/c1-47-22-20-21-27-61(47)77(51-25-18-15-19-26-51)53-43-64-67-65(44-53)79(62-32-28-49(70(2,3)4)40-54(62)48-23-16-14-17-24-48)63-33-29-50(71(5,6)7)41-60(63)76(67)69-68(78(64)52-30-31-56-57(42-52)73(10,11)35-34-72(56,8)9)55-45-58-59(46-66(55)80-69)75(13)38-36-74(58,12)37-39-75/h14-33,40-46H,34-39H2,1-13H3. The fourth-order valence-electron chi connectivity index (χ4n) is 15.1. The highest BCUT2D eigenvalue weighted by molar-refractivity contribution is 7.33. The van der Waals surface area contributed by atoms with Gasteiger partial charge in [-0.2, -0.15) is 0 Å². The minimum absolute atomic E-state index is 0.0173. The molecule has 1 fully saturated rings. The van der Waals surface area contributed by atoms with Gasteiger partial charge < -0.3 is 14.7 Å². The topological polar surface area (TPSA) is 9.72 Å². The van der Waals surface area contributed by atoms with Crippen molar-refractivity contribution in [3.63, 3.8) is 0 Å². The molecule has 3 heterocycles. The van der Waals surface area contributed by atoms with Crippen molar-refractivity contribution < 1.29 is 0 Å². The van der Waals surface area contributed by atoms with Gasteiger partial charge in [0.15, 0.2) is 0 Å². The Hall–Kier alpha value is -6.82. The molecule has 0 spiro atoms. The van der Waals surface area contributed by atoms with Crippen molar-refractivity contribution in [1.82, 2.24) is 0 Å². The SMILES string of the molecule is Cc1ccccc1N(c1ccccc1)c1cc2c3c(c1)N(c1ccc4c(c1)C(C)(C)CCC4(C)C)c1c(sc4cc5c(cc14)C1(C)CCC5(C)CC1)B3c1cc(C(C)(C)C)ccc1N2c1ccc(C(C)(C)C)cc1-c1ccccc1. The van der Waals surface area contributed by atoms with Crippen LogP contribution in [-0.4, -0.2) is 6.71 Å². The Morgan fingerprint density at radius 1 is 0.487 bits per heavy atom. The van der Waals surface area contributed by atoms with E-state index < -0.39 is 0 Å². The number of benzene rings is 8. The highest BCUT2D eigenvalue weighted by atomic mass is 32.1. The molecule has 8 aromatic carbocycles. The summed E-state index contributed by atoms with van der Waals surface area (Å²) in [4.78, 5) is 8.00. The maximum atomic E-state index is 2.78. The second-order valence-corrected chi connectivity index (χ2v) is 29.7. The number of thiophene rings is 1. The predicted molar refractivity (Wildman–Crippen MR) is 347 cm³/mol. The third kappa shape index (κ3) is 7.79. The highest BCUT2D eigenvalue weighted by Gasteiger charge is 2.51. The third-order valence-electron chi connectivity index (χ3n) is 20.3. The van der Waals surface area contributed by atoms with E-state index in [-0.39, 0.29) is 39.2 Å². The first-order chi connectivity index (χ1) is 38.0. The summed E-state index contributed by atoms with van der Waals surface area (Å²) in [6, 6.07) is 64.3. The number of para-hydroxylation sites is 2. The Morgan fingerprint density at radius 2 is 1.06 bits per heavy atom. The first kappa shape index (κ1) is 51.3. The Labute approximate surface area is 481 Å². The van der Waals surface area contributed by atoms with Crippen LogP contribution in [-0.2, 0) is 32.5 Å². The Balaban J connectivity index is 1.16. The number of nitrogens with zero attached hydrogens (tertiary/aromatic N) is 3. The second-order valence-electron chi connectivity index (χ2n) is 28.7. The highest BCUT2D eigenvalue weighted by Crippen LogP contribution is 2.60. The lowest BCUT2D eigenvalue weighted by atomic mass is 9.36. The van der Waals surface area contributed by atoms with Crippen molar-refractivity contribution >= 4 is 95.0 Å². The maximum absolute atomic E-state index is 2.78. The summed E-state index contributed by atoms with van der Waals surface area (Å²) in [5.41, 5.74) is 26.5. The Morgan fingerprint density at radius 3 is 1.71 bits per heavy atom. The van der Waals surface area contributed by atoms with Gasteiger partial charge in [-0.3, -0.25) is 0 Å². The number of hydrogen-bond acceptors (Lipinski definition) is 4. The molecule has 2 aliphatic heterocycles. The summed E-state index contributed by atoms with van der Waals surface area (Å²) in [5.74, 6) is 0. The summed E-state index contributed by atoms with van der Waals surface area (Å²) >= 11 is 2.08. The van der Waals surface area contributed by atoms with E-state index in [1.807, 2.05) is 0 Å². The minimum atomic E-state index is -0.0727. The summed E-state index contributed by atoms with van der Waals surface area (Å²) in [7, 11) is 0. The lowest BCUT2D eigenvalue weighted by molar-refractivity contribution is 0.188. The second kappa shape index (κ2) is 17.6. The van der Waals surface area contributed by atoms with E-state index in [9.17, 15) is 0 Å². The first-order valence-electron chi connectivity index (χ1n) is 29.8. The van der Waals surface area contributed by atoms with E-state index in [0.717, 1.165) is 17.8 Å². The zero-order valence-electron chi connectivity index (χ0n) is 49.7. The van der Waals surface area contributed by atoms with Crippen LogP contribution in [0, 0.1) is 6.92 Å². The van der Waals surface area contributed by atoms with Gasteiger partial charge in [-0.1, -0.05) is 174 Å². The molecule has 4 aliphatic carbocycles. The zero-order valence-corrected chi connectivity index (χ0v) is 50.5. The van der Waals surface area contributed by atoms with Crippen LogP contribution in [0.2, 0.25) is 0 Å². The molecule has 2 bridgehead atoms. The molecule has 0 atom stereocenters. The number of fused-ring (bicyclic) bond motifs is 9. The molecule has 1 saturated carbocycles. The van der Waals surface area contributed by atoms with Gasteiger partial charge in [0, 0.05) is 54.6 Å². The van der Waals surface area contributed by atoms with Crippen molar-refractivity contribution in [3.05, 3.63) is 203 Å². The molecule has 0 saturated heterocycles. The third-order valence-corrected chi connectivity index (χ3v) is 21.5. The van der Waals surface area contributed by atoms with Crippen molar-refractivity contribution in [2.24, 2.45) is 0 Å². The molecule has 0 unspecified atom stereocenters. The molecule has 5 heteroatoms. The molecular weight excluding hydrogens is 986 g/mol. The molecule has 0 radical (unpaired) electrons. The summed E-state index contributed by atoms with van der Waals surface area (Å²) in [5, 5.41) is 1.40. The molecule has 15 rings (SSSR count). The van der Waals surface area contributed by atoms with Gasteiger partial charge in [0.25, 0.3) is 6.71 Å². The first-order valence-corrected chi connectivity index (χ1v) is 30.6. The van der Waals surface area contributed by atoms with Gasteiger partial charge >= 0.3 is 0 Å². The summed E-state index contributed by atoms with van der Waals surface area (Å²) in [6.45, 7) is 31.5. The van der Waals surface area contributed by atoms with Gasteiger partial charge in [-0.05, 0) is 206 Å². The average molecular weight is 1060 g/mol. The van der Waals surface area contributed by atoms with Gasteiger partial charge in [0.2, 0.25) is 0 Å². The van der Waals surface area contributed by atoms with Crippen molar-refractivity contribution in [2.45, 2.75) is 161 Å². The zero-order chi connectivity index (χ0) is 55.6. The number of hydrogen-bond donors (Lipinski definition) is 0. The molecule has 9 aromatic rings. The van der Waals surface area contributed by atoms with Crippen LogP contribution in [0.3, 0.4) is 0 Å². The largest absolute Gasteiger partial charge is 0.311 e. The van der Waals surface area contributed by atoms with Crippen molar-refractivity contribution in [1.29, 1.82) is 0 Å². The smallest absolute Gasteiger partial charge is 0.264 e.